The molecule has 4 rings (SSSR count). The third kappa shape index (κ3) is 9.48. The maximum absolute atomic E-state index is 12.1. The van der Waals surface area contributed by atoms with Crippen molar-refractivity contribution in [3.63, 3.8) is 0 Å². The summed E-state index contributed by atoms with van der Waals surface area (Å²) in [4.78, 5) is 7.97. The van der Waals surface area contributed by atoms with Crippen LogP contribution in [0.3, 0.4) is 0 Å². The molecule has 43 heavy (non-hydrogen) atoms. The number of phenolic OH excluding ortho intramolecular Hbond substituents is 1. The van der Waals surface area contributed by atoms with Crippen molar-refractivity contribution in [1.29, 1.82) is 0 Å². The summed E-state index contributed by atoms with van der Waals surface area (Å²) in [6, 6.07) is 6.38. The number of nitrogens with two attached hydrogens (primary N) is 1. The van der Waals surface area contributed by atoms with Crippen LogP contribution in [-0.4, -0.2) is 59.0 Å². The van der Waals surface area contributed by atoms with Crippen molar-refractivity contribution in [1.82, 2.24) is 15.0 Å². The summed E-state index contributed by atoms with van der Waals surface area (Å²) in [6.45, 7) is 0. The van der Waals surface area contributed by atoms with E-state index < -0.39 is 89.9 Å². The van der Waals surface area contributed by atoms with Gasteiger partial charge in [0, 0.05) is 5.39 Å². The van der Waals surface area contributed by atoms with Crippen LogP contribution in [0.4, 0.5) is 29.0 Å². The third-order valence-corrected chi connectivity index (χ3v) is 7.66. The molecule has 0 bridgehead atoms. The zero-order valence-corrected chi connectivity index (χ0v) is 31.3. The second kappa shape index (κ2) is 15.0. The zero-order chi connectivity index (χ0) is 29.6. The molecule has 17 nitrogen and oxygen atoms in total. The molecule has 0 aliphatic rings. The van der Waals surface area contributed by atoms with Crippen LogP contribution in [0, 0.1) is 0 Å². The summed E-state index contributed by atoms with van der Waals surface area (Å²) in [6.07, 6.45) is 0. The molecule has 0 radical (unpaired) electrons. The van der Waals surface area contributed by atoms with Crippen LogP contribution in [-0.2, 0) is 30.4 Å². The topological polar surface area (TPSA) is 293 Å². The number of phenols is 1. The first-order valence-corrected chi connectivity index (χ1v) is 14.7. The summed E-state index contributed by atoms with van der Waals surface area (Å²) >= 11 is 5.74. The van der Waals surface area contributed by atoms with Crippen molar-refractivity contribution < 1.29 is 133 Å². The number of benzene rings is 3. The maximum Gasteiger partial charge on any atom is 1.00 e. The average Bonchev–Trinajstić information content (AvgIpc) is 2.80. The first kappa shape index (κ1) is 40.0. The van der Waals surface area contributed by atoms with E-state index in [4.69, 9.17) is 17.3 Å². The van der Waals surface area contributed by atoms with Crippen LogP contribution in [0.2, 0.25) is 5.28 Å². The molecule has 0 aliphatic heterocycles. The summed E-state index contributed by atoms with van der Waals surface area (Å²) in [7, 11) is -15.7. The first-order valence-electron chi connectivity index (χ1n) is 10.1. The maximum atomic E-state index is 12.1. The fourth-order valence-electron chi connectivity index (χ4n) is 3.39. The van der Waals surface area contributed by atoms with Gasteiger partial charge in [0.1, 0.15) is 41.7 Å². The van der Waals surface area contributed by atoms with Crippen LogP contribution in [0.5, 0.6) is 5.75 Å². The van der Waals surface area contributed by atoms with Crippen LogP contribution in [0.25, 0.3) is 10.8 Å². The van der Waals surface area contributed by atoms with Crippen molar-refractivity contribution in [2.45, 2.75) is 14.7 Å². The molecule has 0 aliphatic carbocycles. The Morgan fingerprint density at radius 1 is 0.814 bits per heavy atom. The Morgan fingerprint density at radius 3 is 1.98 bits per heavy atom. The van der Waals surface area contributed by atoms with Crippen molar-refractivity contribution in [2.24, 2.45) is 10.2 Å². The molecule has 0 atom stereocenters. The van der Waals surface area contributed by atoms with E-state index >= 15 is 0 Å². The standard InChI is InChI=1S/C19H14ClN7O10S3.3Na/c20-17-23-18(21)25-19(24-17)22-11-7-9(38(29,30)31)5-8-6-13(40(35,36)37)15(16(28)14(8)11)27-26-10-3-1-2-4-12(10)39(32,33)34;;;/h1-7,28H,(H,29,30,31)(H,32,33,34)(H,35,36,37)(H3,21,22,23,24,25);;;/q;3*+1/p-3. The summed E-state index contributed by atoms with van der Waals surface area (Å²) in [5.74, 6) is -1.88. The Kier molecular flexibility index (Phi) is 14.0. The monoisotopic (exact) mass is 697 g/mol. The number of aromatic nitrogens is 3. The number of hydrogen-bond acceptors (Lipinski definition) is 17. The fourth-order valence-corrected chi connectivity index (χ4v) is 5.34. The number of aromatic hydroxyl groups is 1. The normalized spacial score (nSPS) is 11.8. The van der Waals surface area contributed by atoms with Gasteiger partial charge in [-0.25, -0.2) is 25.3 Å². The van der Waals surface area contributed by atoms with Crippen LogP contribution in [0.15, 0.2) is 67.4 Å². The molecule has 0 saturated heterocycles. The SMILES string of the molecule is Nc1nc(Cl)nc(Nc2cc(S(=O)(=O)[O-])cc3cc(S(=O)(=O)[O-])c(N=Nc4ccccc4S(=O)(=O)[O-])c(O)c23)n1.[Na+].[Na+].[Na+]. The molecule has 1 aromatic heterocycles. The quantitative estimate of drug-likeness (QED) is 0.0918. The van der Waals surface area contributed by atoms with Gasteiger partial charge in [-0.15, -0.1) is 10.2 Å². The van der Waals surface area contributed by atoms with Crippen molar-refractivity contribution in [3.8, 4) is 5.75 Å². The Balaban J connectivity index is 0.00000308. The number of fused-ring (bicyclic) bond motifs is 1. The molecular weight excluding hydrogens is 687 g/mol. The molecule has 0 saturated carbocycles. The summed E-state index contributed by atoms with van der Waals surface area (Å²) < 4.78 is 106. The third-order valence-electron chi connectivity index (χ3n) is 4.95. The minimum Gasteiger partial charge on any atom is -0.744 e. The Bertz CT molecular complexity index is 2050. The second-order valence-corrected chi connectivity index (χ2v) is 12.0. The van der Waals surface area contributed by atoms with E-state index in [1.807, 2.05) is 0 Å². The first-order chi connectivity index (χ1) is 18.4. The van der Waals surface area contributed by atoms with Crippen LogP contribution in [0.1, 0.15) is 0 Å². The van der Waals surface area contributed by atoms with Gasteiger partial charge in [0.15, 0.2) is 5.75 Å². The van der Waals surface area contributed by atoms with Crippen molar-refractivity contribution in [3.05, 3.63) is 47.7 Å². The van der Waals surface area contributed by atoms with Gasteiger partial charge in [0.25, 0.3) is 0 Å². The number of anilines is 3. The molecule has 0 amide bonds. The number of nitrogens with one attached hydrogen (secondary N) is 1. The Labute approximate surface area is 314 Å². The molecular formula is C19H11ClN7Na3O10S3. The molecule has 4 N–H and O–H groups in total. The number of azo groups is 1. The van der Waals surface area contributed by atoms with E-state index in [2.05, 4.69) is 30.5 Å². The molecule has 210 valence electrons. The minimum absolute atomic E-state index is 0. The number of nitrogens with zero attached hydrogens (tertiary/aromatic N) is 5. The Morgan fingerprint density at radius 2 is 1.42 bits per heavy atom. The number of halogens is 1. The van der Waals surface area contributed by atoms with Crippen LogP contribution < -0.4 is 99.7 Å². The van der Waals surface area contributed by atoms with E-state index in [9.17, 15) is 44.0 Å². The molecule has 0 unspecified atom stereocenters. The van der Waals surface area contributed by atoms with E-state index in [-0.39, 0.29) is 94.6 Å². The van der Waals surface area contributed by atoms with E-state index in [0.717, 1.165) is 18.2 Å². The minimum atomic E-state index is -5.48. The van der Waals surface area contributed by atoms with Gasteiger partial charge in [0.2, 0.25) is 17.2 Å². The van der Waals surface area contributed by atoms with Crippen LogP contribution >= 0.6 is 11.6 Å². The largest absolute Gasteiger partial charge is 1.00 e. The predicted octanol–water partition coefficient (Wildman–Crippen LogP) is -7.15. The fraction of sp³-hybridized carbons (Fsp3) is 0. The second-order valence-electron chi connectivity index (χ2n) is 7.58. The molecule has 24 heteroatoms. The van der Waals surface area contributed by atoms with Gasteiger partial charge < -0.3 is 29.8 Å². The molecule has 4 aromatic rings. The molecule has 1 heterocycles. The molecule has 0 fully saturated rings. The van der Waals surface area contributed by atoms with Gasteiger partial charge in [0.05, 0.1) is 20.4 Å². The molecule has 0 spiro atoms. The number of nitrogen functional groups attached to an aromatic ring is 1. The van der Waals surface area contributed by atoms with Gasteiger partial charge in [-0.05, 0) is 47.3 Å². The average molecular weight is 698 g/mol. The van der Waals surface area contributed by atoms with Crippen molar-refractivity contribution >= 4 is 81.7 Å². The smallest absolute Gasteiger partial charge is 0.744 e. The van der Waals surface area contributed by atoms with E-state index in [0.29, 0.717) is 12.1 Å². The van der Waals surface area contributed by atoms with E-state index in [1.54, 1.807) is 0 Å². The number of rotatable bonds is 7. The molecule has 3 aromatic carbocycles. The van der Waals surface area contributed by atoms with Crippen molar-refractivity contribution in [2.75, 3.05) is 11.1 Å². The summed E-state index contributed by atoms with van der Waals surface area (Å²) in [5.41, 5.74) is 3.50. The Hall–Kier alpha value is -1.05. The van der Waals surface area contributed by atoms with Gasteiger partial charge in [-0.1, -0.05) is 12.1 Å². The van der Waals surface area contributed by atoms with Gasteiger partial charge in [-0.2, -0.15) is 15.0 Å². The van der Waals surface area contributed by atoms with Gasteiger partial charge >= 0.3 is 88.7 Å². The zero-order valence-electron chi connectivity index (χ0n) is 22.1. The van der Waals surface area contributed by atoms with E-state index in [1.165, 1.54) is 12.1 Å². The predicted molar refractivity (Wildman–Crippen MR) is 133 cm³/mol. The number of hydrogen-bond donors (Lipinski definition) is 3. The summed E-state index contributed by atoms with van der Waals surface area (Å²) in [5, 5.41) is 19.3. The van der Waals surface area contributed by atoms with Gasteiger partial charge in [-0.3, -0.25) is 0 Å².